The summed E-state index contributed by atoms with van der Waals surface area (Å²) < 4.78 is 0. The molecular formula is C6H6ClOSi. The lowest BCUT2D eigenvalue weighted by atomic mass is 10.3. The zero-order valence-electron chi connectivity index (χ0n) is 4.71. The van der Waals surface area contributed by atoms with E-state index >= 15 is 0 Å². The Morgan fingerprint density at radius 2 is 1.56 bits per heavy atom. The molecule has 1 N–H and O–H groups in total. The molecule has 1 rings (SSSR count). The van der Waals surface area contributed by atoms with Crippen molar-refractivity contribution in [3.63, 3.8) is 0 Å². The molecule has 0 saturated carbocycles. The second-order valence-electron chi connectivity index (χ2n) is 1.34. The average Bonchev–Trinajstić information content (AvgIpc) is 1.94. The lowest BCUT2D eigenvalue weighted by Crippen LogP contribution is -1.56. The molecule has 47 valence electrons. The highest BCUT2D eigenvalue weighted by Gasteiger charge is 1.74. The Kier molecular flexibility index (Phi) is 5.36. The Hall–Kier alpha value is -0.473. The molecule has 0 bridgehead atoms. The van der Waals surface area contributed by atoms with Crippen molar-refractivity contribution in [3.8, 4) is 5.75 Å². The van der Waals surface area contributed by atoms with Crippen LogP contribution in [0.4, 0.5) is 0 Å². The number of phenols is 1. The van der Waals surface area contributed by atoms with E-state index in [9.17, 15) is 0 Å². The van der Waals surface area contributed by atoms with Gasteiger partial charge in [-0.15, -0.1) is 0 Å². The van der Waals surface area contributed by atoms with Crippen LogP contribution in [0.1, 0.15) is 0 Å². The Morgan fingerprint density at radius 1 is 1.11 bits per heavy atom. The van der Waals surface area contributed by atoms with E-state index in [2.05, 4.69) is 20.6 Å². The topological polar surface area (TPSA) is 20.2 Å². The summed E-state index contributed by atoms with van der Waals surface area (Å²) in [6.07, 6.45) is 0. The fraction of sp³-hybridized carbons (Fsp3) is 0. The number of halogens is 1. The van der Waals surface area contributed by atoms with Crippen LogP contribution in [0.5, 0.6) is 5.75 Å². The third-order valence-electron chi connectivity index (χ3n) is 0.756. The van der Waals surface area contributed by atoms with E-state index in [0.29, 0.717) is 5.75 Å². The smallest absolute Gasteiger partial charge is 0.174 e. The van der Waals surface area contributed by atoms with E-state index in [1.807, 2.05) is 6.07 Å². The summed E-state index contributed by atoms with van der Waals surface area (Å²) in [7, 11) is 2.44. The lowest BCUT2D eigenvalue weighted by Gasteiger charge is -1.82. The SMILES string of the molecule is Oc1ccccc1.[Si]Cl. The molecule has 1 aromatic rings. The van der Waals surface area contributed by atoms with Gasteiger partial charge in [-0.2, -0.15) is 11.1 Å². The molecule has 0 spiro atoms. The molecule has 9 heavy (non-hydrogen) atoms. The number of hydrogen-bond acceptors (Lipinski definition) is 1. The van der Waals surface area contributed by atoms with Gasteiger partial charge in [0.2, 0.25) is 0 Å². The Bertz CT molecular complexity index is 143. The van der Waals surface area contributed by atoms with Gasteiger partial charge in [0.1, 0.15) is 5.75 Å². The standard InChI is InChI=1S/C6H6O.ClSi/c7-6-4-2-1-3-5-6;1-2/h1-5,7H;. The molecule has 1 aromatic carbocycles. The summed E-state index contributed by atoms with van der Waals surface area (Å²) in [6, 6.07) is 8.71. The van der Waals surface area contributed by atoms with Gasteiger partial charge in [-0.1, -0.05) is 18.2 Å². The predicted molar refractivity (Wildman–Crippen MR) is 39.7 cm³/mol. The van der Waals surface area contributed by atoms with Gasteiger partial charge >= 0.3 is 0 Å². The van der Waals surface area contributed by atoms with E-state index in [1.165, 1.54) is 0 Å². The molecule has 0 aromatic heterocycles. The maximum atomic E-state index is 8.63. The van der Waals surface area contributed by atoms with Crippen molar-refractivity contribution in [2.75, 3.05) is 0 Å². The van der Waals surface area contributed by atoms with Crippen LogP contribution in [0.3, 0.4) is 0 Å². The molecule has 0 aliphatic carbocycles. The summed E-state index contributed by atoms with van der Waals surface area (Å²) in [5.41, 5.74) is 0. The summed E-state index contributed by atoms with van der Waals surface area (Å²) in [6.45, 7) is 0. The third kappa shape index (κ3) is 4.06. The fourth-order valence-electron chi connectivity index (χ4n) is 0.428. The highest BCUT2D eigenvalue weighted by molar-refractivity contribution is 6.80. The third-order valence-corrected chi connectivity index (χ3v) is 0.756. The zero-order valence-corrected chi connectivity index (χ0v) is 6.47. The van der Waals surface area contributed by atoms with Crippen molar-refractivity contribution in [2.45, 2.75) is 0 Å². The zero-order chi connectivity index (χ0) is 7.11. The first-order valence-corrected chi connectivity index (χ1v) is 3.84. The number of phenolic OH excluding ortho intramolecular Hbond substituents is 1. The van der Waals surface area contributed by atoms with Gasteiger partial charge < -0.3 is 5.11 Å². The molecule has 3 radical (unpaired) electrons. The van der Waals surface area contributed by atoms with Crippen molar-refractivity contribution < 1.29 is 5.11 Å². The molecule has 0 saturated heterocycles. The molecule has 0 atom stereocenters. The Labute approximate surface area is 62.4 Å². The molecule has 0 fully saturated rings. The van der Waals surface area contributed by atoms with Gasteiger partial charge in [0.15, 0.2) is 9.55 Å². The minimum absolute atomic E-state index is 0.322. The number of para-hydroxylation sites is 1. The first kappa shape index (κ1) is 8.53. The van der Waals surface area contributed by atoms with Crippen LogP contribution in [0.15, 0.2) is 30.3 Å². The monoisotopic (exact) mass is 157 g/mol. The minimum Gasteiger partial charge on any atom is -0.508 e. The van der Waals surface area contributed by atoms with Crippen molar-refractivity contribution in [1.29, 1.82) is 0 Å². The molecule has 0 aliphatic rings. The highest BCUT2D eigenvalue weighted by Crippen LogP contribution is 2.02. The molecule has 1 nitrogen and oxygen atoms in total. The number of hydrogen-bond donors (Lipinski definition) is 1. The van der Waals surface area contributed by atoms with Crippen LogP contribution in [0.25, 0.3) is 0 Å². The van der Waals surface area contributed by atoms with Gasteiger partial charge in [-0.3, -0.25) is 0 Å². The summed E-state index contributed by atoms with van der Waals surface area (Å²) in [5, 5.41) is 8.63. The molecule has 3 heteroatoms. The van der Waals surface area contributed by atoms with Gasteiger partial charge in [0.05, 0.1) is 0 Å². The molecule has 0 aliphatic heterocycles. The largest absolute Gasteiger partial charge is 0.508 e. The average molecular weight is 158 g/mol. The summed E-state index contributed by atoms with van der Waals surface area (Å²) in [5.74, 6) is 0.322. The predicted octanol–water partition coefficient (Wildman–Crippen LogP) is 1.70. The normalized spacial score (nSPS) is 7.33. The summed E-state index contributed by atoms with van der Waals surface area (Å²) in [4.78, 5) is 0. The van der Waals surface area contributed by atoms with Crippen molar-refractivity contribution in [2.24, 2.45) is 0 Å². The van der Waals surface area contributed by atoms with Crippen LogP contribution in [0, 0.1) is 0 Å². The van der Waals surface area contributed by atoms with E-state index in [0.717, 1.165) is 0 Å². The highest BCUT2D eigenvalue weighted by atomic mass is 35.6. The molecular weight excluding hydrogens is 152 g/mol. The first-order valence-electron chi connectivity index (χ1n) is 2.32. The molecule has 0 amide bonds. The van der Waals surface area contributed by atoms with Crippen LogP contribution >= 0.6 is 11.1 Å². The van der Waals surface area contributed by atoms with Gasteiger partial charge in [0.25, 0.3) is 0 Å². The first-order chi connectivity index (χ1) is 4.39. The fourth-order valence-corrected chi connectivity index (χ4v) is 0.428. The van der Waals surface area contributed by atoms with Crippen LogP contribution in [0.2, 0.25) is 0 Å². The van der Waals surface area contributed by atoms with E-state index in [-0.39, 0.29) is 0 Å². The van der Waals surface area contributed by atoms with Crippen molar-refractivity contribution in [1.82, 2.24) is 0 Å². The Balaban J connectivity index is 0.000000291. The number of rotatable bonds is 0. The Morgan fingerprint density at radius 3 is 1.78 bits per heavy atom. The summed E-state index contributed by atoms with van der Waals surface area (Å²) >= 11 is 4.44. The van der Waals surface area contributed by atoms with Gasteiger partial charge in [-0.05, 0) is 12.1 Å². The van der Waals surface area contributed by atoms with E-state index in [1.54, 1.807) is 24.3 Å². The van der Waals surface area contributed by atoms with Crippen LogP contribution < -0.4 is 0 Å². The number of benzene rings is 1. The van der Waals surface area contributed by atoms with Crippen molar-refractivity contribution in [3.05, 3.63) is 30.3 Å². The van der Waals surface area contributed by atoms with Crippen LogP contribution in [-0.4, -0.2) is 14.7 Å². The quantitative estimate of drug-likeness (QED) is 0.449. The molecule has 0 heterocycles. The second kappa shape index (κ2) is 5.66. The van der Waals surface area contributed by atoms with E-state index < -0.39 is 0 Å². The lowest BCUT2D eigenvalue weighted by molar-refractivity contribution is 0.475. The van der Waals surface area contributed by atoms with Crippen molar-refractivity contribution >= 4 is 20.6 Å². The van der Waals surface area contributed by atoms with Gasteiger partial charge in [0, 0.05) is 0 Å². The van der Waals surface area contributed by atoms with Crippen LogP contribution in [-0.2, 0) is 0 Å². The van der Waals surface area contributed by atoms with Gasteiger partial charge in [-0.25, -0.2) is 0 Å². The second-order valence-corrected chi connectivity index (χ2v) is 1.34. The maximum absolute atomic E-state index is 8.63. The minimum atomic E-state index is 0.322. The molecule has 0 unspecified atom stereocenters. The number of aromatic hydroxyl groups is 1. The maximum Gasteiger partial charge on any atom is 0.174 e. The van der Waals surface area contributed by atoms with E-state index in [4.69, 9.17) is 5.11 Å².